The Labute approximate surface area is 156 Å². The number of benzene rings is 1. The molecular formula is C17H20N6O3S. The second-order valence-corrected chi connectivity index (χ2v) is 7.83. The summed E-state index contributed by atoms with van der Waals surface area (Å²) in [6, 6.07) is 6.52. The quantitative estimate of drug-likeness (QED) is 0.541. The summed E-state index contributed by atoms with van der Waals surface area (Å²) >= 11 is 0. The van der Waals surface area contributed by atoms with Gasteiger partial charge in [0.2, 0.25) is 15.9 Å². The van der Waals surface area contributed by atoms with Crippen LogP contribution in [0.5, 0.6) is 0 Å². The molecule has 3 rings (SSSR count). The topological polar surface area (TPSA) is 118 Å². The molecule has 0 bridgehead atoms. The van der Waals surface area contributed by atoms with Gasteiger partial charge in [0.25, 0.3) is 5.78 Å². The fraction of sp³-hybridized carbons (Fsp3) is 0.294. The van der Waals surface area contributed by atoms with E-state index in [1.165, 1.54) is 12.4 Å². The third kappa shape index (κ3) is 5.08. The van der Waals surface area contributed by atoms with Gasteiger partial charge in [-0.05, 0) is 43.0 Å². The molecule has 0 radical (unpaired) electrons. The number of carbonyl (C=O) groups is 1. The molecule has 0 aliphatic heterocycles. The zero-order valence-corrected chi connectivity index (χ0v) is 15.6. The van der Waals surface area contributed by atoms with Crippen LogP contribution >= 0.6 is 0 Å². The summed E-state index contributed by atoms with van der Waals surface area (Å²) < 4.78 is 28.3. The first-order chi connectivity index (χ1) is 12.9. The Morgan fingerprint density at radius 1 is 1.26 bits per heavy atom. The number of hydrogen-bond donors (Lipinski definition) is 2. The van der Waals surface area contributed by atoms with Gasteiger partial charge in [0.05, 0.1) is 11.4 Å². The van der Waals surface area contributed by atoms with Crippen molar-refractivity contribution in [2.75, 3.05) is 13.1 Å². The minimum Gasteiger partial charge on any atom is -0.355 e. The average Bonchev–Trinajstić information content (AvgIpc) is 3.11. The van der Waals surface area contributed by atoms with Crippen molar-refractivity contribution in [2.24, 2.45) is 0 Å². The Hall–Kier alpha value is -2.85. The molecule has 2 aromatic heterocycles. The Bertz CT molecular complexity index is 1050. The van der Waals surface area contributed by atoms with Gasteiger partial charge in [-0.2, -0.15) is 10.1 Å². The molecule has 0 aliphatic carbocycles. The van der Waals surface area contributed by atoms with Crippen LogP contribution < -0.4 is 10.0 Å². The van der Waals surface area contributed by atoms with Crippen molar-refractivity contribution in [1.82, 2.24) is 29.6 Å². The molecule has 9 nitrogen and oxygen atoms in total. The Morgan fingerprint density at radius 2 is 2.11 bits per heavy atom. The molecular weight excluding hydrogens is 368 g/mol. The number of hydrogen-bond acceptors (Lipinski definition) is 6. The minimum absolute atomic E-state index is 0.145. The highest BCUT2D eigenvalue weighted by atomic mass is 32.2. The Kier molecular flexibility index (Phi) is 5.77. The highest BCUT2D eigenvalue weighted by Crippen LogP contribution is 2.10. The molecule has 0 fully saturated rings. The number of nitrogens with zero attached hydrogens (tertiary/aromatic N) is 4. The van der Waals surface area contributed by atoms with E-state index in [4.69, 9.17) is 0 Å². The van der Waals surface area contributed by atoms with Gasteiger partial charge in [-0.1, -0.05) is 12.1 Å². The van der Waals surface area contributed by atoms with E-state index >= 15 is 0 Å². The first-order valence-electron chi connectivity index (χ1n) is 8.41. The molecule has 0 atom stereocenters. The molecule has 0 saturated heterocycles. The largest absolute Gasteiger partial charge is 0.355 e. The Morgan fingerprint density at radius 3 is 2.93 bits per heavy atom. The van der Waals surface area contributed by atoms with Gasteiger partial charge in [0.15, 0.2) is 0 Å². The van der Waals surface area contributed by atoms with E-state index in [1.54, 1.807) is 22.8 Å². The van der Waals surface area contributed by atoms with Crippen molar-refractivity contribution in [3.8, 4) is 0 Å². The molecule has 0 unspecified atom stereocenters. The van der Waals surface area contributed by atoms with Crippen LogP contribution in [0.3, 0.4) is 0 Å². The lowest BCUT2D eigenvalue weighted by molar-refractivity contribution is -0.119. The van der Waals surface area contributed by atoms with E-state index in [0.29, 0.717) is 25.2 Å². The van der Waals surface area contributed by atoms with Gasteiger partial charge in [-0.15, -0.1) is 0 Å². The maximum atomic E-state index is 12.2. The molecule has 142 valence electrons. The lowest BCUT2D eigenvalue weighted by Gasteiger charge is -2.08. The molecule has 3 aromatic rings. The zero-order valence-electron chi connectivity index (χ0n) is 14.8. The van der Waals surface area contributed by atoms with E-state index in [0.717, 1.165) is 11.1 Å². The summed E-state index contributed by atoms with van der Waals surface area (Å²) in [5.74, 6) is 0.157. The molecule has 0 aliphatic rings. The number of fused-ring (bicyclic) bond motifs is 1. The third-order valence-electron chi connectivity index (χ3n) is 3.88. The normalized spacial score (nSPS) is 11.6. The van der Waals surface area contributed by atoms with Gasteiger partial charge >= 0.3 is 0 Å². The lowest BCUT2D eigenvalue weighted by Crippen LogP contribution is -2.37. The molecule has 10 heteroatoms. The van der Waals surface area contributed by atoms with Crippen molar-refractivity contribution >= 4 is 21.7 Å². The van der Waals surface area contributed by atoms with Crippen molar-refractivity contribution in [2.45, 2.75) is 24.7 Å². The summed E-state index contributed by atoms with van der Waals surface area (Å²) in [6.07, 6.45) is 6.40. The van der Waals surface area contributed by atoms with Crippen LogP contribution in [0.4, 0.5) is 0 Å². The van der Waals surface area contributed by atoms with Crippen LogP contribution in [0.1, 0.15) is 17.5 Å². The van der Waals surface area contributed by atoms with E-state index in [9.17, 15) is 13.2 Å². The monoisotopic (exact) mass is 388 g/mol. The fourth-order valence-electron chi connectivity index (χ4n) is 2.50. The van der Waals surface area contributed by atoms with Gasteiger partial charge in [-0.3, -0.25) is 4.79 Å². The molecule has 0 spiro atoms. The second kappa shape index (κ2) is 8.23. The maximum Gasteiger partial charge on any atom is 0.252 e. The first-order valence-corrected chi connectivity index (χ1v) is 9.90. The summed E-state index contributed by atoms with van der Waals surface area (Å²) in [6.45, 7) is 1.94. The van der Waals surface area contributed by atoms with Gasteiger partial charge in [-0.25, -0.2) is 22.6 Å². The van der Waals surface area contributed by atoms with Gasteiger partial charge in [0.1, 0.15) is 6.33 Å². The zero-order chi connectivity index (χ0) is 19.3. The van der Waals surface area contributed by atoms with E-state index in [-0.39, 0.29) is 17.3 Å². The minimum atomic E-state index is -3.70. The second-order valence-electron chi connectivity index (χ2n) is 6.06. The maximum absolute atomic E-state index is 12.2. The summed E-state index contributed by atoms with van der Waals surface area (Å²) in [7, 11) is -3.70. The van der Waals surface area contributed by atoms with Gasteiger partial charge in [0, 0.05) is 18.9 Å². The number of rotatable bonds is 8. The number of carbonyl (C=O) groups excluding carboxylic acids is 1. The predicted molar refractivity (Wildman–Crippen MR) is 98.5 cm³/mol. The highest BCUT2D eigenvalue weighted by molar-refractivity contribution is 7.89. The van der Waals surface area contributed by atoms with Crippen LogP contribution in [-0.4, -0.2) is 47.0 Å². The highest BCUT2D eigenvalue weighted by Gasteiger charge is 2.15. The average molecular weight is 388 g/mol. The van der Waals surface area contributed by atoms with Crippen molar-refractivity contribution in [1.29, 1.82) is 0 Å². The summed E-state index contributed by atoms with van der Waals surface area (Å²) in [5.41, 5.74) is 1.81. The van der Waals surface area contributed by atoms with E-state index in [2.05, 4.69) is 25.1 Å². The molecule has 1 aromatic carbocycles. The molecule has 2 N–H and O–H groups in total. The van der Waals surface area contributed by atoms with E-state index < -0.39 is 10.0 Å². The fourth-order valence-corrected chi connectivity index (χ4v) is 3.58. The molecule has 2 heterocycles. The smallest absolute Gasteiger partial charge is 0.252 e. The first kappa shape index (κ1) is 18.9. The van der Waals surface area contributed by atoms with Crippen LogP contribution in [0, 0.1) is 6.92 Å². The molecule has 27 heavy (non-hydrogen) atoms. The van der Waals surface area contributed by atoms with Crippen LogP contribution in [0.25, 0.3) is 5.78 Å². The van der Waals surface area contributed by atoms with Crippen LogP contribution in [-0.2, 0) is 21.2 Å². The standard InChI is InChI=1S/C17H20N6O3S/c1-13-4-2-6-15(8-13)27(25,26)22-10-16(24)18-7-3-5-14-9-19-17-20-12-21-23(17)11-14/h2,4,6,8-9,11-12,22H,3,5,7,10H2,1H3,(H,18,24). The number of nitrogens with one attached hydrogen (secondary N) is 2. The lowest BCUT2D eigenvalue weighted by atomic mass is 10.2. The SMILES string of the molecule is Cc1cccc(S(=O)(=O)NCC(=O)NCCCc2cnc3ncnn3c2)c1. The van der Waals surface area contributed by atoms with Crippen LogP contribution in [0.15, 0.2) is 47.9 Å². The predicted octanol–water partition coefficient (Wildman–Crippen LogP) is 0.460. The summed E-state index contributed by atoms with van der Waals surface area (Å²) in [4.78, 5) is 20.2. The number of aryl methyl sites for hydroxylation is 2. The van der Waals surface area contributed by atoms with Crippen molar-refractivity contribution in [3.63, 3.8) is 0 Å². The number of amides is 1. The summed E-state index contributed by atoms with van der Waals surface area (Å²) in [5, 5.41) is 6.72. The molecule has 1 amide bonds. The van der Waals surface area contributed by atoms with Crippen molar-refractivity contribution < 1.29 is 13.2 Å². The number of aromatic nitrogens is 4. The van der Waals surface area contributed by atoms with Crippen molar-refractivity contribution in [3.05, 3.63) is 54.1 Å². The van der Waals surface area contributed by atoms with E-state index in [1.807, 2.05) is 19.2 Å². The van der Waals surface area contributed by atoms with Crippen LogP contribution in [0.2, 0.25) is 0 Å². The Balaban J connectivity index is 1.41. The molecule has 0 saturated carbocycles. The number of sulfonamides is 1. The third-order valence-corrected chi connectivity index (χ3v) is 5.27. The van der Waals surface area contributed by atoms with Gasteiger partial charge < -0.3 is 5.32 Å².